The van der Waals surface area contributed by atoms with E-state index < -0.39 is 5.97 Å². The Morgan fingerprint density at radius 1 is 1.37 bits per heavy atom. The number of nitrogens with one attached hydrogen (secondary N) is 1. The van der Waals surface area contributed by atoms with Crippen molar-refractivity contribution in [1.82, 2.24) is 5.32 Å². The summed E-state index contributed by atoms with van der Waals surface area (Å²) in [5.41, 5.74) is 1.96. The van der Waals surface area contributed by atoms with Crippen molar-refractivity contribution in [3.63, 3.8) is 0 Å². The van der Waals surface area contributed by atoms with Gasteiger partial charge in [0.05, 0.1) is 12.5 Å². The average molecular weight is 263 g/mol. The number of ether oxygens (including phenoxy) is 1. The SMILES string of the molecule is O=C(O)Cc1ccccc1CNCCC1CCCO1. The molecule has 1 unspecified atom stereocenters. The number of benzene rings is 1. The maximum atomic E-state index is 10.8. The lowest BCUT2D eigenvalue weighted by Crippen LogP contribution is -2.20. The van der Waals surface area contributed by atoms with E-state index in [1.807, 2.05) is 24.3 Å². The molecule has 0 aromatic heterocycles. The predicted molar refractivity (Wildman–Crippen MR) is 73.1 cm³/mol. The van der Waals surface area contributed by atoms with E-state index in [1.54, 1.807) is 0 Å². The molecule has 1 atom stereocenters. The van der Waals surface area contributed by atoms with Gasteiger partial charge in [-0.05, 0) is 36.9 Å². The number of rotatable bonds is 7. The van der Waals surface area contributed by atoms with Crippen LogP contribution in [0.1, 0.15) is 30.4 Å². The molecular weight excluding hydrogens is 242 g/mol. The molecule has 104 valence electrons. The molecule has 0 bridgehead atoms. The minimum absolute atomic E-state index is 0.0869. The molecule has 0 saturated carbocycles. The summed E-state index contributed by atoms with van der Waals surface area (Å²) in [6, 6.07) is 7.69. The van der Waals surface area contributed by atoms with Crippen LogP contribution in [0.2, 0.25) is 0 Å². The van der Waals surface area contributed by atoms with Crippen molar-refractivity contribution in [3.8, 4) is 0 Å². The third-order valence-electron chi connectivity index (χ3n) is 3.44. The predicted octanol–water partition coefficient (Wildman–Crippen LogP) is 1.97. The van der Waals surface area contributed by atoms with Crippen LogP contribution in [0.25, 0.3) is 0 Å². The van der Waals surface area contributed by atoms with Gasteiger partial charge in [-0.1, -0.05) is 24.3 Å². The number of carboxylic acids is 1. The van der Waals surface area contributed by atoms with Gasteiger partial charge in [0.15, 0.2) is 0 Å². The molecule has 1 aromatic rings. The molecule has 1 aromatic carbocycles. The third-order valence-corrected chi connectivity index (χ3v) is 3.44. The summed E-state index contributed by atoms with van der Waals surface area (Å²) >= 11 is 0. The van der Waals surface area contributed by atoms with Crippen LogP contribution in [-0.2, 0) is 22.5 Å². The minimum Gasteiger partial charge on any atom is -0.481 e. The van der Waals surface area contributed by atoms with Gasteiger partial charge in [0, 0.05) is 13.2 Å². The number of carboxylic acid groups (broad SMARTS) is 1. The molecule has 19 heavy (non-hydrogen) atoms. The quantitative estimate of drug-likeness (QED) is 0.738. The first-order valence-corrected chi connectivity index (χ1v) is 6.86. The van der Waals surface area contributed by atoms with Crippen molar-refractivity contribution in [2.75, 3.05) is 13.2 Å². The second-order valence-corrected chi connectivity index (χ2v) is 4.94. The summed E-state index contributed by atoms with van der Waals surface area (Å²) in [6.45, 7) is 2.52. The van der Waals surface area contributed by atoms with Crippen molar-refractivity contribution < 1.29 is 14.6 Å². The summed E-state index contributed by atoms with van der Waals surface area (Å²) in [5.74, 6) is -0.785. The first-order chi connectivity index (χ1) is 9.25. The summed E-state index contributed by atoms with van der Waals surface area (Å²) in [6.07, 6.45) is 3.86. The van der Waals surface area contributed by atoms with Gasteiger partial charge in [0.25, 0.3) is 0 Å². The lowest BCUT2D eigenvalue weighted by molar-refractivity contribution is -0.136. The van der Waals surface area contributed by atoms with Gasteiger partial charge in [0.2, 0.25) is 0 Å². The highest BCUT2D eigenvalue weighted by Gasteiger charge is 2.14. The standard InChI is InChI=1S/C15H21NO3/c17-15(18)10-12-4-1-2-5-13(12)11-16-8-7-14-6-3-9-19-14/h1-2,4-5,14,16H,3,6-11H2,(H,17,18). The van der Waals surface area contributed by atoms with E-state index >= 15 is 0 Å². The lowest BCUT2D eigenvalue weighted by Gasteiger charge is -2.11. The molecule has 2 N–H and O–H groups in total. The third kappa shape index (κ3) is 4.65. The molecule has 0 radical (unpaired) electrons. The normalized spacial score (nSPS) is 18.6. The smallest absolute Gasteiger partial charge is 0.307 e. The van der Waals surface area contributed by atoms with Gasteiger partial charge >= 0.3 is 5.97 Å². The maximum absolute atomic E-state index is 10.8. The van der Waals surface area contributed by atoms with Crippen LogP contribution >= 0.6 is 0 Å². The van der Waals surface area contributed by atoms with Crippen LogP contribution in [0.5, 0.6) is 0 Å². The fourth-order valence-electron chi connectivity index (χ4n) is 2.42. The first-order valence-electron chi connectivity index (χ1n) is 6.86. The van der Waals surface area contributed by atoms with Gasteiger partial charge < -0.3 is 15.2 Å². The number of hydrogen-bond donors (Lipinski definition) is 2. The topological polar surface area (TPSA) is 58.6 Å². The number of hydrogen-bond acceptors (Lipinski definition) is 3. The Labute approximate surface area is 113 Å². The fourth-order valence-corrected chi connectivity index (χ4v) is 2.42. The van der Waals surface area contributed by atoms with Gasteiger partial charge in [0.1, 0.15) is 0 Å². The van der Waals surface area contributed by atoms with Crippen molar-refractivity contribution in [2.45, 2.75) is 38.3 Å². The Balaban J connectivity index is 1.76. The van der Waals surface area contributed by atoms with Crippen molar-refractivity contribution in [3.05, 3.63) is 35.4 Å². The Hall–Kier alpha value is -1.39. The first kappa shape index (κ1) is 14.0. The highest BCUT2D eigenvalue weighted by atomic mass is 16.5. The molecule has 1 fully saturated rings. The average Bonchev–Trinajstić information content (AvgIpc) is 2.89. The number of carbonyl (C=O) groups is 1. The van der Waals surface area contributed by atoms with E-state index in [4.69, 9.17) is 9.84 Å². The van der Waals surface area contributed by atoms with Crippen LogP contribution in [0.4, 0.5) is 0 Å². The maximum Gasteiger partial charge on any atom is 0.307 e. The van der Waals surface area contributed by atoms with E-state index in [9.17, 15) is 4.79 Å². The van der Waals surface area contributed by atoms with E-state index in [0.29, 0.717) is 6.10 Å². The molecule has 1 heterocycles. The molecule has 4 nitrogen and oxygen atoms in total. The zero-order valence-electron chi connectivity index (χ0n) is 11.1. The Morgan fingerprint density at radius 2 is 2.16 bits per heavy atom. The van der Waals surface area contributed by atoms with Crippen LogP contribution in [0.15, 0.2) is 24.3 Å². The minimum atomic E-state index is -0.785. The summed E-state index contributed by atoms with van der Waals surface area (Å²) in [5, 5.41) is 12.2. The molecule has 0 amide bonds. The Bertz CT molecular complexity index is 414. The van der Waals surface area contributed by atoms with E-state index in [1.165, 1.54) is 6.42 Å². The molecule has 1 saturated heterocycles. The molecule has 4 heteroatoms. The summed E-state index contributed by atoms with van der Waals surface area (Å²) < 4.78 is 5.56. The second kappa shape index (κ2) is 7.26. The van der Waals surface area contributed by atoms with Crippen LogP contribution in [0.3, 0.4) is 0 Å². The largest absolute Gasteiger partial charge is 0.481 e. The molecule has 1 aliphatic rings. The summed E-state index contributed by atoms with van der Waals surface area (Å²) in [4.78, 5) is 10.8. The molecule has 1 aliphatic heterocycles. The van der Waals surface area contributed by atoms with Gasteiger partial charge in [-0.2, -0.15) is 0 Å². The monoisotopic (exact) mass is 263 g/mol. The van der Waals surface area contributed by atoms with Crippen molar-refractivity contribution >= 4 is 5.97 Å². The van der Waals surface area contributed by atoms with E-state index in [2.05, 4.69) is 5.32 Å². The fraction of sp³-hybridized carbons (Fsp3) is 0.533. The highest BCUT2D eigenvalue weighted by molar-refractivity contribution is 5.70. The highest BCUT2D eigenvalue weighted by Crippen LogP contribution is 2.14. The van der Waals surface area contributed by atoms with Gasteiger partial charge in [-0.3, -0.25) is 4.79 Å². The molecule has 2 rings (SSSR count). The lowest BCUT2D eigenvalue weighted by atomic mass is 10.0. The molecule has 0 aliphatic carbocycles. The molecule has 0 spiro atoms. The number of aliphatic carboxylic acids is 1. The Kier molecular flexibility index (Phi) is 5.36. The molecular formula is C15H21NO3. The zero-order valence-corrected chi connectivity index (χ0v) is 11.1. The van der Waals surface area contributed by atoms with Gasteiger partial charge in [-0.15, -0.1) is 0 Å². The van der Waals surface area contributed by atoms with Crippen LogP contribution in [0, 0.1) is 0 Å². The zero-order chi connectivity index (χ0) is 13.5. The van der Waals surface area contributed by atoms with Crippen LogP contribution < -0.4 is 5.32 Å². The van der Waals surface area contributed by atoms with Gasteiger partial charge in [-0.25, -0.2) is 0 Å². The van der Waals surface area contributed by atoms with E-state index in [-0.39, 0.29) is 6.42 Å². The van der Waals surface area contributed by atoms with Crippen molar-refractivity contribution in [1.29, 1.82) is 0 Å². The summed E-state index contributed by atoms with van der Waals surface area (Å²) in [7, 11) is 0. The Morgan fingerprint density at radius 3 is 2.84 bits per heavy atom. The van der Waals surface area contributed by atoms with Crippen molar-refractivity contribution in [2.24, 2.45) is 0 Å². The van der Waals surface area contributed by atoms with Crippen LogP contribution in [-0.4, -0.2) is 30.3 Å². The van der Waals surface area contributed by atoms with E-state index in [0.717, 1.165) is 43.7 Å². The second-order valence-electron chi connectivity index (χ2n) is 4.94.